The van der Waals surface area contributed by atoms with Crippen LogP contribution in [0.5, 0.6) is 0 Å². The fraction of sp³-hybridized carbons (Fsp3) is 0.375. The molecule has 1 aliphatic heterocycles. The number of carbonyl (C=O) groups is 3. The van der Waals surface area contributed by atoms with E-state index in [4.69, 9.17) is 0 Å². The summed E-state index contributed by atoms with van der Waals surface area (Å²) in [4.78, 5) is 41.8. The number of para-hydroxylation sites is 1. The van der Waals surface area contributed by atoms with Gasteiger partial charge < -0.3 is 4.90 Å². The molecule has 1 saturated carbocycles. The van der Waals surface area contributed by atoms with E-state index in [2.05, 4.69) is 0 Å². The van der Waals surface area contributed by atoms with E-state index in [1.807, 2.05) is 60.7 Å². The summed E-state index contributed by atoms with van der Waals surface area (Å²) in [5.74, 6) is -0.601. The van der Waals surface area contributed by atoms with Gasteiger partial charge in [0.05, 0.1) is 12.0 Å². The first-order chi connectivity index (χ1) is 14.1. The molecule has 0 bridgehead atoms. The van der Waals surface area contributed by atoms with Crippen molar-refractivity contribution in [3.8, 4) is 0 Å². The molecule has 150 valence electrons. The van der Waals surface area contributed by atoms with Crippen LogP contribution in [0, 0.1) is 5.41 Å². The van der Waals surface area contributed by atoms with Gasteiger partial charge >= 0.3 is 0 Å². The van der Waals surface area contributed by atoms with Gasteiger partial charge in [-0.15, -0.1) is 0 Å². The summed E-state index contributed by atoms with van der Waals surface area (Å²) in [6.07, 6.45) is 4.84. The van der Waals surface area contributed by atoms with Gasteiger partial charge in [0.2, 0.25) is 17.7 Å². The third-order valence-corrected chi connectivity index (χ3v) is 6.15. The van der Waals surface area contributed by atoms with Crippen LogP contribution in [0.2, 0.25) is 0 Å². The summed E-state index contributed by atoms with van der Waals surface area (Å²) in [5.41, 5.74) is 1.19. The Hall–Kier alpha value is -2.95. The molecule has 2 fully saturated rings. The molecule has 2 aromatic rings. The molecule has 0 radical (unpaired) electrons. The van der Waals surface area contributed by atoms with Crippen molar-refractivity contribution in [1.82, 2.24) is 4.90 Å². The zero-order valence-electron chi connectivity index (χ0n) is 16.5. The van der Waals surface area contributed by atoms with E-state index in [9.17, 15) is 14.4 Å². The first kappa shape index (κ1) is 19.4. The fourth-order valence-electron chi connectivity index (χ4n) is 4.56. The van der Waals surface area contributed by atoms with Crippen molar-refractivity contribution >= 4 is 23.4 Å². The van der Waals surface area contributed by atoms with Gasteiger partial charge in [-0.2, -0.15) is 0 Å². The van der Waals surface area contributed by atoms with E-state index in [0.717, 1.165) is 43.4 Å². The Morgan fingerprint density at radius 1 is 0.897 bits per heavy atom. The molecule has 5 heteroatoms. The molecule has 2 aromatic carbocycles. The number of nitrogens with zero attached hydrogens (tertiary/aromatic N) is 2. The van der Waals surface area contributed by atoms with Crippen LogP contribution in [0.4, 0.5) is 5.69 Å². The van der Waals surface area contributed by atoms with Gasteiger partial charge in [0.15, 0.2) is 0 Å². The number of hydrogen-bond acceptors (Lipinski definition) is 3. The Balaban J connectivity index is 1.55. The molecular weight excluding hydrogens is 364 g/mol. The molecule has 5 nitrogen and oxygen atoms in total. The highest BCUT2D eigenvalue weighted by Gasteiger charge is 2.52. The Bertz CT molecular complexity index is 889. The second-order valence-corrected chi connectivity index (χ2v) is 8.10. The van der Waals surface area contributed by atoms with Crippen molar-refractivity contribution in [2.24, 2.45) is 5.41 Å². The second-order valence-electron chi connectivity index (χ2n) is 8.10. The van der Waals surface area contributed by atoms with Gasteiger partial charge in [0, 0.05) is 12.1 Å². The van der Waals surface area contributed by atoms with Crippen LogP contribution in [-0.4, -0.2) is 29.2 Å². The molecule has 1 heterocycles. The van der Waals surface area contributed by atoms with Crippen LogP contribution < -0.4 is 4.90 Å². The highest BCUT2D eigenvalue weighted by atomic mass is 16.2. The number of likely N-dealkylation sites (tertiary alicyclic amines) is 1. The molecule has 1 spiro atoms. The van der Waals surface area contributed by atoms with Crippen LogP contribution in [0.3, 0.4) is 0 Å². The van der Waals surface area contributed by atoms with Gasteiger partial charge in [0.1, 0.15) is 6.54 Å². The lowest BCUT2D eigenvalue weighted by Gasteiger charge is -2.31. The van der Waals surface area contributed by atoms with Crippen molar-refractivity contribution in [3.05, 3.63) is 66.2 Å². The number of hydrogen-bond donors (Lipinski definition) is 0. The van der Waals surface area contributed by atoms with E-state index in [1.165, 1.54) is 4.90 Å². The molecule has 0 atom stereocenters. The minimum Gasteiger partial charge on any atom is -0.306 e. The molecule has 0 unspecified atom stereocenters. The fourth-order valence-corrected chi connectivity index (χ4v) is 4.56. The highest BCUT2D eigenvalue weighted by molar-refractivity contribution is 6.09. The molecule has 1 aliphatic carbocycles. The maximum atomic E-state index is 13.2. The minimum absolute atomic E-state index is 0.150. The quantitative estimate of drug-likeness (QED) is 0.727. The summed E-state index contributed by atoms with van der Waals surface area (Å²) >= 11 is 0. The summed E-state index contributed by atoms with van der Waals surface area (Å²) in [6, 6.07) is 19.1. The third-order valence-electron chi connectivity index (χ3n) is 6.15. The second kappa shape index (κ2) is 8.19. The van der Waals surface area contributed by atoms with Crippen molar-refractivity contribution in [2.75, 3.05) is 11.4 Å². The van der Waals surface area contributed by atoms with Gasteiger partial charge in [-0.05, 0) is 30.5 Å². The monoisotopic (exact) mass is 390 g/mol. The standard InChI is InChI=1S/C24H26N2O3/c27-21-16-24(14-8-3-9-15-24)23(29)26(21)18-22(28)25(20-12-6-2-7-13-20)17-19-10-4-1-5-11-19/h1-2,4-7,10-13H,3,8-9,14-18H2. The smallest absolute Gasteiger partial charge is 0.247 e. The summed E-state index contributed by atoms with van der Waals surface area (Å²) < 4.78 is 0. The first-order valence-electron chi connectivity index (χ1n) is 10.3. The van der Waals surface area contributed by atoms with Crippen LogP contribution >= 0.6 is 0 Å². The van der Waals surface area contributed by atoms with Crippen LogP contribution in [0.1, 0.15) is 44.1 Å². The lowest BCUT2D eigenvalue weighted by Crippen LogP contribution is -2.44. The molecule has 1 saturated heterocycles. The Kier molecular flexibility index (Phi) is 5.47. The van der Waals surface area contributed by atoms with E-state index < -0.39 is 5.41 Å². The Morgan fingerprint density at radius 2 is 1.52 bits per heavy atom. The Labute approximate surface area is 171 Å². The first-order valence-corrected chi connectivity index (χ1v) is 10.3. The van der Waals surface area contributed by atoms with E-state index in [-0.39, 0.29) is 30.7 Å². The average molecular weight is 390 g/mol. The zero-order chi connectivity index (χ0) is 20.3. The average Bonchev–Trinajstić information content (AvgIpc) is 2.97. The molecule has 0 aromatic heterocycles. The molecular formula is C24H26N2O3. The van der Waals surface area contributed by atoms with Gasteiger partial charge in [-0.1, -0.05) is 67.8 Å². The highest BCUT2D eigenvalue weighted by Crippen LogP contribution is 2.45. The molecule has 0 N–H and O–H groups in total. The maximum absolute atomic E-state index is 13.2. The van der Waals surface area contributed by atoms with E-state index >= 15 is 0 Å². The van der Waals surface area contributed by atoms with E-state index in [0.29, 0.717) is 6.54 Å². The third kappa shape index (κ3) is 3.95. The SMILES string of the molecule is O=C1CC2(CCCCC2)C(=O)N1CC(=O)N(Cc1ccccc1)c1ccccc1. The summed E-state index contributed by atoms with van der Waals surface area (Å²) in [6.45, 7) is 0.201. The summed E-state index contributed by atoms with van der Waals surface area (Å²) in [7, 11) is 0. The van der Waals surface area contributed by atoms with Crippen molar-refractivity contribution in [1.29, 1.82) is 0 Å². The van der Waals surface area contributed by atoms with Crippen LogP contribution in [0.15, 0.2) is 60.7 Å². The zero-order valence-corrected chi connectivity index (χ0v) is 16.5. The van der Waals surface area contributed by atoms with Crippen LogP contribution in [0.25, 0.3) is 0 Å². The number of carbonyl (C=O) groups excluding carboxylic acids is 3. The van der Waals surface area contributed by atoms with Crippen LogP contribution in [-0.2, 0) is 20.9 Å². The maximum Gasteiger partial charge on any atom is 0.247 e. The summed E-state index contributed by atoms with van der Waals surface area (Å²) in [5, 5.41) is 0. The van der Waals surface area contributed by atoms with Gasteiger partial charge in [-0.25, -0.2) is 0 Å². The molecule has 29 heavy (non-hydrogen) atoms. The predicted molar refractivity (Wildman–Crippen MR) is 111 cm³/mol. The number of amides is 3. The van der Waals surface area contributed by atoms with Crippen molar-refractivity contribution < 1.29 is 14.4 Å². The number of anilines is 1. The molecule has 2 aliphatic rings. The Morgan fingerprint density at radius 3 is 2.17 bits per heavy atom. The molecule has 4 rings (SSSR count). The largest absolute Gasteiger partial charge is 0.306 e. The minimum atomic E-state index is -0.563. The van der Waals surface area contributed by atoms with E-state index in [1.54, 1.807) is 4.90 Å². The number of benzene rings is 2. The predicted octanol–water partition coefficient (Wildman–Crippen LogP) is 3.93. The van der Waals surface area contributed by atoms with Gasteiger partial charge in [0.25, 0.3) is 0 Å². The van der Waals surface area contributed by atoms with Crippen molar-refractivity contribution in [2.45, 2.75) is 45.1 Å². The lowest BCUT2D eigenvalue weighted by molar-refractivity contribution is -0.145. The topological polar surface area (TPSA) is 57.7 Å². The molecule has 3 amide bonds. The normalized spacial score (nSPS) is 18.3. The van der Waals surface area contributed by atoms with Crippen molar-refractivity contribution in [3.63, 3.8) is 0 Å². The lowest BCUT2D eigenvalue weighted by atomic mass is 9.73. The number of imide groups is 1. The number of rotatable bonds is 5. The van der Waals surface area contributed by atoms with Gasteiger partial charge in [-0.3, -0.25) is 19.3 Å².